The Hall–Kier alpha value is -2.57. The number of ether oxygens (including phenoxy) is 1. The fourth-order valence-corrected chi connectivity index (χ4v) is 2.57. The summed E-state index contributed by atoms with van der Waals surface area (Å²) in [7, 11) is 1.24. The van der Waals surface area contributed by atoms with Crippen molar-refractivity contribution in [2.45, 2.75) is 6.92 Å². The monoisotopic (exact) mass is 394 g/mol. The molecule has 0 atom stereocenters. The summed E-state index contributed by atoms with van der Waals surface area (Å²) in [4.78, 5) is 37.5. The van der Waals surface area contributed by atoms with Crippen LogP contribution in [0.2, 0.25) is 10.0 Å². The first-order valence-electron chi connectivity index (χ1n) is 7.54. The molecule has 1 N–H and O–H groups in total. The lowest BCUT2D eigenvalue weighted by Gasteiger charge is -2.22. The second kappa shape index (κ2) is 8.69. The van der Waals surface area contributed by atoms with Crippen LogP contribution in [0.15, 0.2) is 42.5 Å². The average Bonchev–Trinajstić information content (AvgIpc) is 2.62. The van der Waals surface area contributed by atoms with Crippen LogP contribution in [0, 0.1) is 0 Å². The van der Waals surface area contributed by atoms with Gasteiger partial charge in [0.05, 0.1) is 28.4 Å². The highest BCUT2D eigenvalue weighted by molar-refractivity contribution is 6.42. The number of nitrogens with zero attached hydrogens (tertiary/aromatic N) is 1. The minimum Gasteiger partial charge on any atom is -0.465 e. The highest BCUT2D eigenvalue weighted by Crippen LogP contribution is 2.25. The fraction of sp³-hybridized carbons (Fsp3) is 0.167. The number of benzene rings is 2. The minimum absolute atomic E-state index is 0.188. The van der Waals surface area contributed by atoms with Gasteiger partial charge in [0.25, 0.3) is 0 Å². The van der Waals surface area contributed by atoms with Gasteiger partial charge >= 0.3 is 5.97 Å². The molecule has 0 aliphatic rings. The van der Waals surface area contributed by atoms with Gasteiger partial charge in [-0.1, -0.05) is 35.3 Å². The lowest BCUT2D eigenvalue weighted by molar-refractivity contribution is -0.120. The SMILES string of the molecule is COC(=O)c1ccccc1N(CC(=O)Nc1ccc(Cl)c(Cl)c1)C(C)=O. The molecule has 0 unspecified atom stereocenters. The predicted octanol–water partition coefficient (Wildman–Crippen LogP) is 3.77. The van der Waals surface area contributed by atoms with Crippen LogP contribution >= 0.6 is 23.2 Å². The van der Waals surface area contributed by atoms with Crippen LogP contribution in [0.4, 0.5) is 11.4 Å². The molecular formula is C18H16Cl2N2O4. The van der Waals surface area contributed by atoms with Crippen molar-refractivity contribution in [3.63, 3.8) is 0 Å². The zero-order valence-corrected chi connectivity index (χ0v) is 15.6. The van der Waals surface area contributed by atoms with Gasteiger partial charge in [0.2, 0.25) is 11.8 Å². The number of amides is 2. The summed E-state index contributed by atoms with van der Waals surface area (Å²) in [6, 6.07) is 11.0. The van der Waals surface area contributed by atoms with E-state index in [1.54, 1.807) is 30.3 Å². The van der Waals surface area contributed by atoms with Crippen molar-refractivity contribution in [2.24, 2.45) is 0 Å². The molecule has 0 aliphatic carbocycles. The molecule has 0 heterocycles. The van der Waals surface area contributed by atoms with Gasteiger partial charge < -0.3 is 15.0 Å². The average molecular weight is 395 g/mol. The van der Waals surface area contributed by atoms with Crippen LogP contribution < -0.4 is 10.2 Å². The molecule has 2 amide bonds. The molecule has 2 aromatic carbocycles. The Bertz CT molecular complexity index is 855. The van der Waals surface area contributed by atoms with Crippen molar-refractivity contribution in [3.8, 4) is 0 Å². The number of para-hydroxylation sites is 1. The molecule has 0 bridgehead atoms. The standard InChI is InChI=1S/C18H16Cl2N2O4/c1-11(23)22(16-6-4-3-5-13(16)18(25)26-2)10-17(24)21-12-7-8-14(19)15(20)9-12/h3-9H,10H2,1-2H3,(H,21,24). The van der Waals surface area contributed by atoms with Gasteiger partial charge in [-0.3, -0.25) is 9.59 Å². The molecule has 0 aromatic heterocycles. The number of methoxy groups -OCH3 is 1. The number of hydrogen-bond donors (Lipinski definition) is 1. The molecule has 26 heavy (non-hydrogen) atoms. The van der Waals surface area contributed by atoms with Crippen LogP contribution in [-0.2, 0) is 14.3 Å². The quantitative estimate of drug-likeness (QED) is 0.782. The smallest absolute Gasteiger partial charge is 0.339 e. The van der Waals surface area contributed by atoms with Gasteiger partial charge in [-0.2, -0.15) is 0 Å². The van der Waals surface area contributed by atoms with E-state index in [9.17, 15) is 14.4 Å². The Morgan fingerprint density at radius 2 is 1.77 bits per heavy atom. The molecule has 2 aromatic rings. The maximum atomic E-state index is 12.4. The maximum absolute atomic E-state index is 12.4. The summed E-state index contributed by atoms with van der Waals surface area (Å²) in [5.74, 6) is -1.46. The summed E-state index contributed by atoms with van der Waals surface area (Å²) < 4.78 is 4.73. The summed E-state index contributed by atoms with van der Waals surface area (Å²) in [5.41, 5.74) is 0.915. The second-order valence-electron chi connectivity index (χ2n) is 5.29. The van der Waals surface area contributed by atoms with Crippen LogP contribution in [0.25, 0.3) is 0 Å². The van der Waals surface area contributed by atoms with Gasteiger partial charge in [-0.25, -0.2) is 4.79 Å². The molecular weight excluding hydrogens is 379 g/mol. The first-order chi connectivity index (χ1) is 12.3. The Balaban J connectivity index is 2.23. The first-order valence-corrected chi connectivity index (χ1v) is 8.29. The van der Waals surface area contributed by atoms with E-state index in [1.165, 1.54) is 31.1 Å². The van der Waals surface area contributed by atoms with E-state index in [1.807, 2.05) is 0 Å². The molecule has 0 saturated heterocycles. The summed E-state index contributed by atoms with van der Waals surface area (Å²) in [6.45, 7) is 1.02. The highest BCUT2D eigenvalue weighted by atomic mass is 35.5. The largest absolute Gasteiger partial charge is 0.465 e. The topological polar surface area (TPSA) is 75.7 Å². The van der Waals surface area contributed by atoms with E-state index < -0.39 is 17.8 Å². The van der Waals surface area contributed by atoms with Crippen LogP contribution in [-0.4, -0.2) is 31.4 Å². The Morgan fingerprint density at radius 1 is 1.08 bits per heavy atom. The number of nitrogens with one attached hydrogen (secondary N) is 1. The van der Waals surface area contributed by atoms with E-state index in [0.29, 0.717) is 15.7 Å². The van der Waals surface area contributed by atoms with Gasteiger partial charge in [0.15, 0.2) is 0 Å². The fourth-order valence-electron chi connectivity index (χ4n) is 2.28. The first kappa shape index (κ1) is 19.8. The van der Waals surface area contributed by atoms with Gasteiger partial charge in [0.1, 0.15) is 6.54 Å². The molecule has 0 aliphatic heterocycles. The lowest BCUT2D eigenvalue weighted by Crippen LogP contribution is -2.37. The molecule has 0 saturated carbocycles. The van der Waals surface area contributed by atoms with Crippen molar-refractivity contribution >= 4 is 52.4 Å². The van der Waals surface area contributed by atoms with E-state index >= 15 is 0 Å². The molecule has 8 heteroatoms. The van der Waals surface area contributed by atoms with Crippen molar-refractivity contribution in [1.29, 1.82) is 0 Å². The minimum atomic E-state index is -0.600. The van der Waals surface area contributed by atoms with Crippen molar-refractivity contribution in [1.82, 2.24) is 0 Å². The van der Waals surface area contributed by atoms with E-state index in [0.717, 1.165) is 0 Å². The predicted molar refractivity (Wildman–Crippen MR) is 101 cm³/mol. The normalized spacial score (nSPS) is 10.2. The molecule has 0 radical (unpaired) electrons. The molecule has 0 fully saturated rings. The van der Waals surface area contributed by atoms with E-state index in [2.05, 4.69) is 5.32 Å². The number of anilines is 2. The third kappa shape index (κ3) is 4.74. The second-order valence-corrected chi connectivity index (χ2v) is 6.11. The number of carbonyl (C=O) groups is 3. The third-order valence-corrected chi connectivity index (χ3v) is 4.22. The third-order valence-electron chi connectivity index (χ3n) is 3.49. The number of rotatable bonds is 5. The Kier molecular flexibility index (Phi) is 6.60. The van der Waals surface area contributed by atoms with Crippen molar-refractivity contribution < 1.29 is 19.1 Å². The number of hydrogen-bond acceptors (Lipinski definition) is 4. The molecule has 136 valence electrons. The summed E-state index contributed by atoms with van der Waals surface area (Å²) in [5, 5.41) is 3.29. The van der Waals surface area contributed by atoms with Gasteiger partial charge in [-0.05, 0) is 30.3 Å². The highest BCUT2D eigenvalue weighted by Gasteiger charge is 2.22. The van der Waals surface area contributed by atoms with Crippen LogP contribution in [0.3, 0.4) is 0 Å². The van der Waals surface area contributed by atoms with Gasteiger partial charge in [0, 0.05) is 12.6 Å². The molecule has 0 spiro atoms. The molecule has 2 rings (SSSR count). The summed E-state index contributed by atoms with van der Waals surface area (Å²) in [6.07, 6.45) is 0. The number of esters is 1. The van der Waals surface area contributed by atoms with Crippen molar-refractivity contribution in [2.75, 3.05) is 23.9 Å². The van der Waals surface area contributed by atoms with Crippen LogP contribution in [0.5, 0.6) is 0 Å². The van der Waals surface area contributed by atoms with E-state index in [-0.39, 0.29) is 17.8 Å². The Labute approximate surface area is 160 Å². The summed E-state index contributed by atoms with van der Waals surface area (Å²) >= 11 is 11.8. The van der Waals surface area contributed by atoms with Gasteiger partial charge in [-0.15, -0.1) is 0 Å². The Morgan fingerprint density at radius 3 is 2.38 bits per heavy atom. The zero-order valence-electron chi connectivity index (χ0n) is 14.1. The maximum Gasteiger partial charge on any atom is 0.339 e. The molecule has 6 nitrogen and oxygen atoms in total. The lowest BCUT2D eigenvalue weighted by atomic mass is 10.1. The van der Waals surface area contributed by atoms with E-state index in [4.69, 9.17) is 27.9 Å². The number of halogens is 2. The van der Waals surface area contributed by atoms with Crippen molar-refractivity contribution in [3.05, 3.63) is 58.1 Å². The van der Waals surface area contributed by atoms with Crippen LogP contribution in [0.1, 0.15) is 17.3 Å². The number of carbonyl (C=O) groups excluding carboxylic acids is 3. The zero-order chi connectivity index (χ0) is 19.3.